The largest absolute Gasteiger partial charge is 0.479 e. The Bertz CT molecular complexity index is 418. The van der Waals surface area contributed by atoms with Gasteiger partial charge in [-0.05, 0) is 19.8 Å². The minimum absolute atomic E-state index is 0.00273. The van der Waals surface area contributed by atoms with Gasteiger partial charge in [0.2, 0.25) is 11.8 Å². The Morgan fingerprint density at radius 1 is 1.32 bits per heavy atom. The van der Waals surface area contributed by atoms with Crippen LogP contribution in [0.25, 0.3) is 0 Å². The Balaban J connectivity index is 2.11. The summed E-state index contributed by atoms with van der Waals surface area (Å²) in [6, 6.07) is 0. The molecule has 2 rings (SSSR count). The van der Waals surface area contributed by atoms with Crippen molar-refractivity contribution in [2.75, 3.05) is 20.1 Å². The highest BCUT2D eigenvalue weighted by molar-refractivity contribution is 6.07. The van der Waals surface area contributed by atoms with Crippen LogP contribution in [0.3, 0.4) is 0 Å². The van der Waals surface area contributed by atoms with Crippen LogP contribution in [0.4, 0.5) is 0 Å². The summed E-state index contributed by atoms with van der Waals surface area (Å²) >= 11 is 0. The molecule has 19 heavy (non-hydrogen) atoms. The fraction of sp³-hybridized carbons (Fsp3) is 0.750. The second-order valence-corrected chi connectivity index (χ2v) is 5.14. The van der Waals surface area contributed by atoms with Crippen molar-refractivity contribution in [3.05, 3.63) is 0 Å². The minimum Gasteiger partial charge on any atom is -0.479 e. The van der Waals surface area contributed by atoms with E-state index in [1.54, 1.807) is 6.92 Å². The summed E-state index contributed by atoms with van der Waals surface area (Å²) in [5.41, 5.74) is -0.977. The van der Waals surface area contributed by atoms with Crippen LogP contribution in [0.5, 0.6) is 0 Å². The molecule has 0 aromatic heterocycles. The van der Waals surface area contributed by atoms with E-state index in [-0.39, 0.29) is 24.5 Å². The summed E-state index contributed by atoms with van der Waals surface area (Å²) in [6.45, 7) is 2.04. The van der Waals surface area contributed by atoms with Crippen LogP contribution >= 0.6 is 0 Å². The zero-order chi connectivity index (χ0) is 14.2. The number of carboxylic acid groups (broad SMARTS) is 1. The molecule has 1 aliphatic heterocycles. The zero-order valence-corrected chi connectivity index (χ0v) is 11.0. The maximum Gasteiger partial charge on any atom is 0.334 e. The van der Waals surface area contributed by atoms with Gasteiger partial charge >= 0.3 is 5.97 Å². The lowest BCUT2D eigenvalue weighted by atomic mass is 10.0. The molecule has 0 spiro atoms. The average Bonchev–Trinajstić information content (AvgIpc) is 3.17. The first-order chi connectivity index (χ1) is 8.90. The van der Waals surface area contributed by atoms with Crippen molar-refractivity contribution >= 4 is 17.8 Å². The van der Waals surface area contributed by atoms with Crippen LogP contribution < -0.4 is 5.32 Å². The number of carbonyl (C=O) groups is 3. The smallest absolute Gasteiger partial charge is 0.334 e. The topological polar surface area (TPSA) is 95.9 Å². The van der Waals surface area contributed by atoms with Crippen molar-refractivity contribution in [2.24, 2.45) is 5.41 Å². The predicted octanol–water partition coefficient (Wildman–Crippen LogP) is -0.787. The van der Waals surface area contributed by atoms with E-state index in [2.05, 4.69) is 5.32 Å². The number of hydrogen-bond acceptors (Lipinski definition) is 4. The summed E-state index contributed by atoms with van der Waals surface area (Å²) in [5, 5.41) is 11.5. The van der Waals surface area contributed by atoms with Gasteiger partial charge in [0.1, 0.15) is 5.41 Å². The Morgan fingerprint density at radius 2 is 1.95 bits per heavy atom. The van der Waals surface area contributed by atoms with E-state index in [1.807, 2.05) is 0 Å². The Labute approximate surface area is 110 Å². The van der Waals surface area contributed by atoms with E-state index in [0.29, 0.717) is 19.4 Å². The third-order valence-corrected chi connectivity index (χ3v) is 3.64. The van der Waals surface area contributed by atoms with Gasteiger partial charge in [-0.3, -0.25) is 9.59 Å². The standard InChI is InChI=1S/C12H18N2O5/c1-7-5-14(6-8(19-7)9(15)16)11(18)12(3-4-12)10(17)13-2/h7-8H,3-6H2,1-2H3,(H,13,17)(H,15,16)/t7-,8?/m1/s1. The van der Waals surface area contributed by atoms with Gasteiger partial charge in [0, 0.05) is 13.6 Å². The molecule has 1 unspecified atom stereocenters. The maximum absolute atomic E-state index is 12.4. The van der Waals surface area contributed by atoms with Crippen LogP contribution in [0.1, 0.15) is 19.8 Å². The van der Waals surface area contributed by atoms with Gasteiger partial charge in [0.05, 0.1) is 12.6 Å². The van der Waals surface area contributed by atoms with Gasteiger partial charge in [0.25, 0.3) is 0 Å². The lowest BCUT2D eigenvalue weighted by Crippen LogP contribution is -2.55. The number of amides is 2. The Morgan fingerprint density at radius 3 is 2.42 bits per heavy atom. The van der Waals surface area contributed by atoms with Crippen LogP contribution in [-0.4, -0.2) is 60.1 Å². The first-order valence-corrected chi connectivity index (χ1v) is 6.30. The SMILES string of the molecule is CNC(=O)C1(C(=O)N2CC(C(=O)O)O[C@H](C)C2)CC1. The van der Waals surface area contributed by atoms with Gasteiger partial charge in [-0.1, -0.05) is 0 Å². The minimum atomic E-state index is -1.09. The molecule has 7 nitrogen and oxygen atoms in total. The van der Waals surface area contributed by atoms with Crippen LogP contribution in [-0.2, 0) is 19.1 Å². The molecular weight excluding hydrogens is 252 g/mol. The van der Waals surface area contributed by atoms with Crippen LogP contribution in [0.15, 0.2) is 0 Å². The molecule has 0 bridgehead atoms. The maximum atomic E-state index is 12.4. The molecule has 2 atom stereocenters. The zero-order valence-electron chi connectivity index (χ0n) is 11.0. The van der Waals surface area contributed by atoms with E-state index in [4.69, 9.17) is 9.84 Å². The lowest BCUT2D eigenvalue weighted by molar-refractivity contribution is -0.168. The molecule has 1 heterocycles. The Kier molecular flexibility index (Phi) is 3.49. The fourth-order valence-electron chi connectivity index (χ4n) is 2.46. The number of carboxylic acids is 1. The molecule has 2 amide bonds. The quantitative estimate of drug-likeness (QED) is 0.655. The van der Waals surface area contributed by atoms with Crippen LogP contribution in [0, 0.1) is 5.41 Å². The van der Waals surface area contributed by atoms with Crippen molar-refractivity contribution in [3.8, 4) is 0 Å². The molecule has 1 saturated carbocycles. The van der Waals surface area contributed by atoms with E-state index < -0.39 is 17.5 Å². The molecule has 0 aromatic carbocycles. The van der Waals surface area contributed by atoms with Gasteiger partial charge in [-0.25, -0.2) is 4.79 Å². The summed E-state index contributed by atoms with van der Waals surface area (Å²) < 4.78 is 5.25. The number of nitrogens with one attached hydrogen (secondary N) is 1. The van der Waals surface area contributed by atoms with Crippen molar-refractivity contribution in [2.45, 2.75) is 32.0 Å². The lowest BCUT2D eigenvalue weighted by Gasteiger charge is -2.36. The van der Waals surface area contributed by atoms with Gasteiger partial charge < -0.3 is 20.1 Å². The average molecular weight is 270 g/mol. The molecule has 1 saturated heterocycles. The molecule has 2 N–H and O–H groups in total. The van der Waals surface area contributed by atoms with Crippen molar-refractivity contribution in [1.82, 2.24) is 10.2 Å². The van der Waals surface area contributed by atoms with Crippen molar-refractivity contribution < 1.29 is 24.2 Å². The number of aliphatic carboxylic acids is 1. The molecule has 2 aliphatic rings. The normalized spacial score (nSPS) is 28.6. The summed E-state index contributed by atoms with van der Waals surface area (Å²) in [5.74, 6) is -1.66. The van der Waals surface area contributed by atoms with Crippen molar-refractivity contribution in [1.29, 1.82) is 0 Å². The van der Waals surface area contributed by atoms with Gasteiger partial charge in [0.15, 0.2) is 6.10 Å². The molecule has 0 aromatic rings. The number of rotatable bonds is 3. The molecule has 2 fully saturated rings. The van der Waals surface area contributed by atoms with E-state index in [9.17, 15) is 14.4 Å². The first-order valence-electron chi connectivity index (χ1n) is 6.30. The summed E-state index contributed by atoms with van der Waals surface area (Å²) in [6.07, 6.45) is -0.322. The molecule has 0 radical (unpaired) electrons. The molecule has 7 heteroatoms. The monoisotopic (exact) mass is 270 g/mol. The Hall–Kier alpha value is -1.63. The molecular formula is C12H18N2O5. The third-order valence-electron chi connectivity index (χ3n) is 3.64. The number of hydrogen-bond donors (Lipinski definition) is 2. The predicted molar refractivity (Wildman–Crippen MR) is 64.3 cm³/mol. The highest BCUT2D eigenvalue weighted by Crippen LogP contribution is 2.47. The van der Waals surface area contributed by atoms with Gasteiger partial charge in [-0.15, -0.1) is 0 Å². The highest BCUT2D eigenvalue weighted by atomic mass is 16.5. The van der Waals surface area contributed by atoms with E-state index in [1.165, 1.54) is 11.9 Å². The second-order valence-electron chi connectivity index (χ2n) is 5.14. The first kappa shape index (κ1) is 13.8. The number of morpholine rings is 1. The van der Waals surface area contributed by atoms with Gasteiger partial charge in [-0.2, -0.15) is 0 Å². The van der Waals surface area contributed by atoms with E-state index in [0.717, 1.165) is 0 Å². The van der Waals surface area contributed by atoms with E-state index >= 15 is 0 Å². The molecule has 1 aliphatic carbocycles. The van der Waals surface area contributed by atoms with Crippen LogP contribution in [0.2, 0.25) is 0 Å². The third kappa shape index (κ3) is 2.42. The number of carbonyl (C=O) groups excluding carboxylic acids is 2. The summed E-state index contributed by atoms with van der Waals surface area (Å²) in [7, 11) is 1.50. The fourth-order valence-corrected chi connectivity index (χ4v) is 2.46. The number of nitrogens with zero attached hydrogens (tertiary/aromatic N) is 1. The summed E-state index contributed by atoms with van der Waals surface area (Å²) in [4.78, 5) is 36.6. The van der Waals surface area contributed by atoms with Crippen molar-refractivity contribution in [3.63, 3.8) is 0 Å². The number of ether oxygens (including phenoxy) is 1. The second kappa shape index (κ2) is 4.80. The highest BCUT2D eigenvalue weighted by Gasteiger charge is 2.58. The molecule has 106 valence electrons.